The van der Waals surface area contributed by atoms with Gasteiger partial charge in [-0.2, -0.15) is 0 Å². The van der Waals surface area contributed by atoms with Gasteiger partial charge >= 0.3 is 6.03 Å². The summed E-state index contributed by atoms with van der Waals surface area (Å²) in [6.07, 6.45) is 0. The summed E-state index contributed by atoms with van der Waals surface area (Å²) in [7, 11) is 2.72. The van der Waals surface area contributed by atoms with Crippen LogP contribution in [0.3, 0.4) is 0 Å². The van der Waals surface area contributed by atoms with Crippen molar-refractivity contribution in [3.63, 3.8) is 0 Å². The van der Waals surface area contributed by atoms with E-state index >= 15 is 0 Å². The first-order chi connectivity index (χ1) is 14.7. The average molecular weight is 442 g/mol. The van der Waals surface area contributed by atoms with Gasteiger partial charge in [0.15, 0.2) is 0 Å². The van der Waals surface area contributed by atoms with Gasteiger partial charge in [0.25, 0.3) is 0 Å². The highest BCUT2D eigenvalue weighted by Crippen LogP contribution is 2.22. The van der Waals surface area contributed by atoms with E-state index in [9.17, 15) is 13.2 Å². The molecule has 8 heteroatoms. The van der Waals surface area contributed by atoms with E-state index in [0.29, 0.717) is 12.1 Å². The summed E-state index contributed by atoms with van der Waals surface area (Å²) in [5, 5.41) is 4.94. The molecule has 0 aromatic heterocycles. The fourth-order valence-electron chi connectivity index (χ4n) is 3.25. The van der Waals surface area contributed by atoms with Crippen molar-refractivity contribution in [1.29, 1.82) is 0 Å². The number of amides is 2. The number of fused-ring (bicyclic) bond motifs is 1. The molecule has 0 unspecified atom stereocenters. The van der Waals surface area contributed by atoms with Gasteiger partial charge in [0, 0.05) is 34.2 Å². The average Bonchev–Trinajstić information content (AvgIpc) is 2.77. The second-order valence-corrected chi connectivity index (χ2v) is 9.58. The van der Waals surface area contributed by atoms with E-state index < -0.39 is 10.0 Å². The van der Waals surface area contributed by atoms with Crippen LogP contribution in [0.5, 0.6) is 5.75 Å². The minimum absolute atomic E-state index is 0.115. The minimum Gasteiger partial charge on any atom is -0.497 e. The molecule has 0 aliphatic heterocycles. The SMILES string of the molecule is COc1ccc2cc(CN(C)C(=O)NCc3ccccc3S(=O)(=O)N(C)C)ccc2c1. The Morgan fingerprint density at radius 3 is 2.35 bits per heavy atom. The topological polar surface area (TPSA) is 79.0 Å². The summed E-state index contributed by atoms with van der Waals surface area (Å²) < 4.78 is 31.4. The standard InChI is InChI=1S/C23H27N3O4S/c1-25(2)31(28,29)22-8-6-5-7-20(22)15-24-23(27)26(3)16-17-9-10-19-14-21(30-4)12-11-18(19)13-17/h5-14H,15-16H2,1-4H3,(H,24,27). The van der Waals surface area contributed by atoms with Gasteiger partial charge in [-0.15, -0.1) is 0 Å². The molecule has 3 aromatic rings. The number of nitrogens with one attached hydrogen (secondary N) is 1. The van der Waals surface area contributed by atoms with Gasteiger partial charge in [-0.25, -0.2) is 17.5 Å². The van der Waals surface area contributed by atoms with Gasteiger partial charge < -0.3 is 15.0 Å². The predicted molar refractivity (Wildman–Crippen MR) is 122 cm³/mol. The molecular formula is C23H27N3O4S. The molecule has 3 rings (SSSR count). The zero-order valence-corrected chi connectivity index (χ0v) is 18.9. The van der Waals surface area contributed by atoms with E-state index in [0.717, 1.165) is 26.4 Å². The van der Waals surface area contributed by atoms with Crippen LogP contribution in [0.4, 0.5) is 4.79 Å². The van der Waals surface area contributed by atoms with Crippen molar-refractivity contribution in [1.82, 2.24) is 14.5 Å². The maximum absolute atomic E-state index is 12.6. The number of hydrogen-bond donors (Lipinski definition) is 1. The van der Waals surface area contributed by atoms with E-state index in [1.807, 2.05) is 36.4 Å². The molecule has 164 valence electrons. The van der Waals surface area contributed by atoms with Crippen molar-refractivity contribution in [2.45, 2.75) is 18.0 Å². The van der Waals surface area contributed by atoms with Crippen molar-refractivity contribution < 1.29 is 17.9 Å². The summed E-state index contributed by atoms with van der Waals surface area (Å²) in [6.45, 7) is 0.537. The van der Waals surface area contributed by atoms with Crippen molar-refractivity contribution in [2.75, 3.05) is 28.3 Å². The highest BCUT2D eigenvalue weighted by molar-refractivity contribution is 7.89. The number of carbonyl (C=O) groups excluding carboxylic acids is 1. The number of sulfonamides is 1. The van der Waals surface area contributed by atoms with E-state index in [1.165, 1.54) is 14.1 Å². The fourth-order valence-corrected chi connectivity index (χ4v) is 4.36. The second kappa shape index (κ2) is 9.36. The van der Waals surface area contributed by atoms with Gasteiger partial charge in [0.2, 0.25) is 10.0 Å². The van der Waals surface area contributed by atoms with Crippen LogP contribution < -0.4 is 10.1 Å². The Kier molecular flexibility index (Phi) is 6.82. The lowest BCUT2D eigenvalue weighted by atomic mass is 10.1. The number of ether oxygens (including phenoxy) is 1. The molecule has 2 amide bonds. The number of hydrogen-bond acceptors (Lipinski definition) is 4. The van der Waals surface area contributed by atoms with Crippen LogP contribution >= 0.6 is 0 Å². The lowest BCUT2D eigenvalue weighted by Gasteiger charge is -2.20. The summed E-state index contributed by atoms with van der Waals surface area (Å²) in [6, 6.07) is 18.3. The van der Waals surface area contributed by atoms with Crippen LogP contribution in [0.1, 0.15) is 11.1 Å². The zero-order chi connectivity index (χ0) is 22.6. The fraction of sp³-hybridized carbons (Fsp3) is 0.261. The Balaban J connectivity index is 1.68. The number of methoxy groups -OCH3 is 1. The van der Waals surface area contributed by atoms with Gasteiger partial charge in [-0.1, -0.05) is 36.4 Å². The number of benzene rings is 3. The maximum atomic E-state index is 12.6. The van der Waals surface area contributed by atoms with Gasteiger partial charge in [0.05, 0.1) is 12.0 Å². The molecule has 0 bridgehead atoms. The first-order valence-electron chi connectivity index (χ1n) is 9.78. The third-order valence-electron chi connectivity index (χ3n) is 5.04. The Bertz CT molecular complexity index is 1190. The van der Waals surface area contributed by atoms with Gasteiger partial charge in [-0.05, 0) is 46.2 Å². The summed E-state index contributed by atoms with van der Waals surface area (Å²) >= 11 is 0. The number of carbonyl (C=O) groups is 1. The number of nitrogens with zero attached hydrogens (tertiary/aromatic N) is 2. The van der Waals surface area contributed by atoms with Crippen molar-refractivity contribution in [3.05, 3.63) is 71.8 Å². The summed E-state index contributed by atoms with van der Waals surface area (Å²) in [5.41, 5.74) is 1.53. The summed E-state index contributed by atoms with van der Waals surface area (Å²) in [5.74, 6) is 0.799. The minimum atomic E-state index is -3.59. The Morgan fingerprint density at radius 2 is 1.65 bits per heavy atom. The molecular weight excluding hydrogens is 414 g/mol. The normalized spacial score (nSPS) is 11.5. The smallest absolute Gasteiger partial charge is 0.317 e. The predicted octanol–water partition coefficient (Wildman–Crippen LogP) is 3.44. The molecule has 0 atom stereocenters. The van der Waals surface area contributed by atoms with Crippen LogP contribution in [0, 0.1) is 0 Å². The van der Waals surface area contributed by atoms with E-state index in [-0.39, 0.29) is 17.5 Å². The van der Waals surface area contributed by atoms with Crippen LogP contribution in [-0.2, 0) is 23.1 Å². The number of urea groups is 1. The lowest BCUT2D eigenvalue weighted by Crippen LogP contribution is -2.36. The van der Waals surface area contributed by atoms with Crippen LogP contribution in [0.2, 0.25) is 0 Å². The maximum Gasteiger partial charge on any atom is 0.317 e. The van der Waals surface area contributed by atoms with Crippen LogP contribution in [-0.4, -0.2) is 51.9 Å². The van der Waals surface area contributed by atoms with Gasteiger partial charge in [0.1, 0.15) is 5.75 Å². The largest absolute Gasteiger partial charge is 0.497 e. The highest BCUT2D eigenvalue weighted by Gasteiger charge is 2.21. The van der Waals surface area contributed by atoms with E-state index in [2.05, 4.69) is 5.32 Å². The Hall–Kier alpha value is -3.10. The molecule has 1 N–H and O–H groups in total. The molecule has 31 heavy (non-hydrogen) atoms. The quantitative estimate of drug-likeness (QED) is 0.609. The van der Waals surface area contributed by atoms with Crippen molar-refractivity contribution >= 4 is 26.8 Å². The molecule has 7 nitrogen and oxygen atoms in total. The van der Waals surface area contributed by atoms with Crippen LogP contribution in [0.15, 0.2) is 65.6 Å². The molecule has 0 heterocycles. The highest BCUT2D eigenvalue weighted by atomic mass is 32.2. The van der Waals surface area contributed by atoms with E-state index in [4.69, 9.17) is 4.74 Å². The third-order valence-corrected chi connectivity index (χ3v) is 6.96. The third kappa shape index (κ3) is 5.15. The van der Waals surface area contributed by atoms with Crippen molar-refractivity contribution in [3.8, 4) is 5.75 Å². The molecule has 0 aliphatic rings. The van der Waals surface area contributed by atoms with Gasteiger partial charge in [-0.3, -0.25) is 0 Å². The lowest BCUT2D eigenvalue weighted by molar-refractivity contribution is 0.206. The summed E-state index contributed by atoms with van der Waals surface area (Å²) in [4.78, 5) is 14.4. The Morgan fingerprint density at radius 1 is 0.968 bits per heavy atom. The van der Waals surface area contributed by atoms with Crippen molar-refractivity contribution in [2.24, 2.45) is 0 Å². The molecule has 0 radical (unpaired) electrons. The first-order valence-corrected chi connectivity index (χ1v) is 11.2. The number of rotatable bonds is 7. The van der Waals surface area contributed by atoms with Crippen LogP contribution in [0.25, 0.3) is 10.8 Å². The zero-order valence-electron chi connectivity index (χ0n) is 18.1. The molecule has 0 fully saturated rings. The molecule has 3 aromatic carbocycles. The Labute approximate surface area is 183 Å². The molecule has 0 spiro atoms. The molecule has 0 saturated carbocycles. The first kappa shape index (κ1) is 22.6. The monoisotopic (exact) mass is 441 g/mol. The van der Waals surface area contributed by atoms with E-state index in [1.54, 1.807) is 43.3 Å². The second-order valence-electron chi connectivity index (χ2n) is 7.46. The molecule has 0 saturated heterocycles. The molecule has 0 aliphatic carbocycles.